The van der Waals surface area contributed by atoms with E-state index < -0.39 is 0 Å². The van der Waals surface area contributed by atoms with E-state index in [2.05, 4.69) is 17.3 Å². The average molecular weight is 186 g/mol. The lowest BCUT2D eigenvalue weighted by molar-refractivity contribution is 0.232. The highest BCUT2D eigenvalue weighted by Gasteiger charge is 2.16. The van der Waals surface area contributed by atoms with Crippen molar-refractivity contribution in [3.05, 3.63) is 35.9 Å². The number of rotatable bonds is 0. The Balaban J connectivity index is 2.10. The zero-order valence-corrected chi connectivity index (χ0v) is 7.66. The van der Waals surface area contributed by atoms with Crippen LogP contribution in [0.3, 0.4) is 0 Å². The van der Waals surface area contributed by atoms with Crippen molar-refractivity contribution >= 4 is 6.03 Å². The Morgan fingerprint density at radius 3 is 2.71 bits per heavy atom. The van der Waals surface area contributed by atoms with Gasteiger partial charge in [0.05, 0.1) is 6.54 Å². The standard InChI is InChI=1S/C11H10N2O/c14-11-12-7-9-13(11)8-6-10-4-2-1-3-5-10/h1-5H,7,9H2,(H,12,14). The second-order valence-electron chi connectivity index (χ2n) is 2.99. The van der Waals surface area contributed by atoms with Crippen LogP contribution in [0.15, 0.2) is 30.3 Å². The fourth-order valence-electron chi connectivity index (χ4n) is 1.23. The van der Waals surface area contributed by atoms with Gasteiger partial charge in [0.2, 0.25) is 0 Å². The van der Waals surface area contributed by atoms with Crippen molar-refractivity contribution in [2.45, 2.75) is 0 Å². The van der Waals surface area contributed by atoms with Gasteiger partial charge in [-0.2, -0.15) is 0 Å². The lowest BCUT2D eigenvalue weighted by Gasteiger charge is -2.01. The third kappa shape index (κ3) is 1.86. The Kier molecular flexibility index (Phi) is 2.37. The van der Waals surface area contributed by atoms with Gasteiger partial charge in [-0.05, 0) is 18.1 Å². The van der Waals surface area contributed by atoms with E-state index in [0.29, 0.717) is 13.1 Å². The summed E-state index contributed by atoms with van der Waals surface area (Å²) in [5, 5.41) is 2.69. The molecule has 1 heterocycles. The van der Waals surface area contributed by atoms with Crippen LogP contribution >= 0.6 is 0 Å². The Hall–Kier alpha value is -1.95. The van der Waals surface area contributed by atoms with Crippen LogP contribution in [-0.2, 0) is 0 Å². The molecule has 0 atom stereocenters. The van der Waals surface area contributed by atoms with Crippen LogP contribution < -0.4 is 5.32 Å². The van der Waals surface area contributed by atoms with Gasteiger partial charge >= 0.3 is 6.03 Å². The normalized spacial score (nSPS) is 14.6. The van der Waals surface area contributed by atoms with Crippen molar-refractivity contribution in [1.82, 2.24) is 10.2 Å². The van der Waals surface area contributed by atoms with E-state index in [1.54, 1.807) is 0 Å². The maximum absolute atomic E-state index is 11.1. The molecule has 14 heavy (non-hydrogen) atoms. The van der Waals surface area contributed by atoms with Gasteiger partial charge in [0.25, 0.3) is 0 Å². The van der Waals surface area contributed by atoms with E-state index in [9.17, 15) is 4.79 Å². The number of benzene rings is 1. The summed E-state index contributed by atoms with van der Waals surface area (Å²) in [6, 6.07) is 12.3. The number of carbonyl (C=O) groups excluding carboxylic acids is 1. The molecule has 70 valence electrons. The van der Waals surface area contributed by atoms with Crippen molar-refractivity contribution < 1.29 is 4.79 Å². The van der Waals surface area contributed by atoms with E-state index in [0.717, 1.165) is 5.56 Å². The topological polar surface area (TPSA) is 32.3 Å². The third-order valence-corrected chi connectivity index (χ3v) is 1.97. The van der Waals surface area contributed by atoms with Crippen molar-refractivity contribution in [3.63, 3.8) is 0 Å². The molecule has 0 unspecified atom stereocenters. The van der Waals surface area contributed by atoms with Crippen LogP contribution in [-0.4, -0.2) is 24.0 Å². The Morgan fingerprint density at radius 1 is 1.29 bits per heavy atom. The quantitative estimate of drug-likeness (QED) is 0.603. The van der Waals surface area contributed by atoms with Gasteiger partial charge in [-0.3, -0.25) is 4.90 Å². The number of hydrogen-bond donors (Lipinski definition) is 1. The first-order valence-electron chi connectivity index (χ1n) is 4.48. The first-order valence-corrected chi connectivity index (χ1v) is 4.48. The maximum Gasteiger partial charge on any atom is 0.329 e. The fraction of sp³-hybridized carbons (Fsp3) is 0.182. The molecular weight excluding hydrogens is 176 g/mol. The monoisotopic (exact) mass is 186 g/mol. The summed E-state index contributed by atoms with van der Waals surface area (Å²) in [7, 11) is 0. The minimum absolute atomic E-state index is 0.103. The van der Waals surface area contributed by atoms with Crippen LogP contribution in [0.1, 0.15) is 5.56 Å². The molecule has 2 amide bonds. The minimum atomic E-state index is -0.103. The summed E-state index contributed by atoms with van der Waals surface area (Å²) >= 11 is 0. The van der Waals surface area contributed by atoms with Gasteiger partial charge < -0.3 is 5.32 Å². The smallest absolute Gasteiger partial charge is 0.329 e. The first-order chi connectivity index (χ1) is 6.86. The molecule has 1 aromatic carbocycles. The highest BCUT2D eigenvalue weighted by atomic mass is 16.2. The summed E-state index contributed by atoms with van der Waals surface area (Å²) in [4.78, 5) is 12.6. The molecule has 0 saturated carbocycles. The molecule has 3 heteroatoms. The maximum atomic E-state index is 11.1. The molecule has 0 aromatic heterocycles. The van der Waals surface area contributed by atoms with Crippen LogP contribution in [0, 0.1) is 12.0 Å². The van der Waals surface area contributed by atoms with Gasteiger partial charge in [-0.25, -0.2) is 4.79 Å². The molecule has 1 aliphatic heterocycles. The number of nitrogens with one attached hydrogen (secondary N) is 1. The van der Waals surface area contributed by atoms with Gasteiger partial charge in [-0.1, -0.05) is 18.2 Å². The van der Waals surface area contributed by atoms with Crippen molar-refractivity contribution in [2.24, 2.45) is 0 Å². The van der Waals surface area contributed by atoms with Gasteiger partial charge in [0.15, 0.2) is 0 Å². The molecule has 0 bridgehead atoms. The minimum Gasteiger partial charge on any atom is -0.335 e. The van der Waals surface area contributed by atoms with Gasteiger partial charge in [0.1, 0.15) is 0 Å². The summed E-state index contributed by atoms with van der Waals surface area (Å²) < 4.78 is 0. The summed E-state index contributed by atoms with van der Waals surface area (Å²) in [6.45, 7) is 1.35. The molecule has 0 aliphatic carbocycles. The van der Waals surface area contributed by atoms with Crippen LogP contribution in [0.2, 0.25) is 0 Å². The van der Waals surface area contributed by atoms with Gasteiger partial charge in [-0.15, -0.1) is 0 Å². The van der Waals surface area contributed by atoms with E-state index in [-0.39, 0.29) is 6.03 Å². The van der Waals surface area contributed by atoms with E-state index >= 15 is 0 Å². The van der Waals surface area contributed by atoms with Gasteiger partial charge in [0, 0.05) is 18.2 Å². The van der Waals surface area contributed by atoms with Crippen LogP contribution in [0.4, 0.5) is 4.79 Å². The van der Waals surface area contributed by atoms with E-state index in [1.165, 1.54) is 4.90 Å². The Labute approximate surface area is 82.7 Å². The fourth-order valence-corrected chi connectivity index (χ4v) is 1.23. The molecule has 1 aliphatic rings. The molecule has 0 radical (unpaired) electrons. The van der Waals surface area contributed by atoms with Crippen LogP contribution in [0.25, 0.3) is 0 Å². The lowest BCUT2D eigenvalue weighted by Crippen LogP contribution is -2.23. The van der Waals surface area contributed by atoms with E-state index in [4.69, 9.17) is 0 Å². The molecule has 2 rings (SSSR count). The average Bonchev–Trinajstić information content (AvgIpc) is 2.63. The van der Waals surface area contributed by atoms with E-state index in [1.807, 2.05) is 30.3 Å². The second-order valence-corrected chi connectivity index (χ2v) is 2.99. The number of amides is 2. The largest absolute Gasteiger partial charge is 0.335 e. The highest BCUT2D eigenvalue weighted by molar-refractivity contribution is 5.78. The molecular formula is C11H10N2O. The third-order valence-electron chi connectivity index (χ3n) is 1.97. The molecule has 1 N–H and O–H groups in total. The molecule has 1 fully saturated rings. The number of nitrogens with zero attached hydrogens (tertiary/aromatic N) is 1. The van der Waals surface area contributed by atoms with Crippen LogP contribution in [0.5, 0.6) is 0 Å². The predicted octanol–water partition coefficient (Wildman–Crippen LogP) is 1.02. The summed E-state index contributed by atoms with van der Waals surface area (Å²) in [5.74, 6) is 2.93. The first kappa shape index (κ1) is 8.64. The van der Waals surface area contributed by atoms with Crippen molar-refractivity contribution in [3.8, 4) is 12.0 Å². The Morgan fingerprint density at radius 2 is 2.07 bits per heavy atom. The lowest BCUT2D eigenvalue weighted by atomic mass is 10.2. The number of carbonyl (C=O) groups is 1. The number of urea groups is 1. The molecule has 0 spiro atoms. The number of hydrogen-bond acceptors (Lipinski definition) is 1. The summed E-state index contributed by atoms with van der Waals surface area (Å²) in [5.41, 5.74) is 0.923. The predicted molar refractivity (Wildman–Crippen MR) is 53.4 cm³/mol. The summed E-state index contributed by atoms with van der Waals surface area (Å²) in [6.07, 6.45) is 0. The molecule has 1 aromatic rings. The molecule has 3 nitrogen and oxygen atoms in total. The van der Waals surface area contributed by atoms with Crippen molar-refractivity contribution in [2.75, 3.05) is 13.1 Å². The SMILES string of the molecule is O=C1NCCN1C#Cc1ccccc1. The Bertz CT molecular complexity index is 389. The zero-order chi connectivity index (χ0) is 9.80. The molecule has 1 saturated heterocycles. The zero-order valence-electron chi connectivity index (χ0n) is 7.66. The van der Waals surface area contributed by atoms with Crippen molar-refractivity contribution in [1.29, 1.82) is 0 Å². The highest BCUT2D eigenvalue weighted by Crippen LogP contribution is 1.97. The second kappa shape index (κ2) is 3.84.